The second-order valence-electron chi connectivity index (χ2n) is 12.4. The number of hydrogen-bond donors (Lipinski definition) is 0. The monoisotopic (exact) mass is 482 g/mol. The second kappa shape index (κ2) is 8.07. The zero-order valence-corrected chi connectivity index (χ0v) is 21.7. The van der Waals surface area contributed by atoms with Crippen molar-refractivity contribution in [3.63, 3.8) is 0 Å². The van der Waals surface area contributed by atoms with Gasteiger partial charge in [-0.2, -0.15) is 0 Å². The van der Waals surface area contributed by atoms with Crippen LogP contribution in [0, 0.1) is 39.9 Å². The van der Waals surface area contributed by atoms with Crippen LogP contribution in [0.4, 0.5) is 0 Å². The Morgan fingerprint density at radius 1 is 0.971 bits per heavy atom. The molecule has 0 aliphatic heterocycles. The molecule has 1 aromatic rings. The summed E-state index contributed by atoms with van der Waals surface area (Å²) >= 11 is 0. The highest BCUT2D eigenvalue weighted by Crippen LogP contribution is 2.70. The minimum atomic E-state index is -0.747. The fraction of sp³-hybridized carbons (Fsp3) is 0.690. The van der Waals surface area contributed by atoms with Crippen molar-refractivity contribution in [2.75, 3.05) is 0 Å². The summed E-state index contributed by atoms with van der Waals surface area (Å²) in [6.45, 7) is 11.3. The van der Waals surface area contributed by atoms with E-state index in [2.05, 4.69) is 26.0 Å². The zero-order valence-electron chi connectivity index (χ0n) is 21.7. The van der Waals surface area contributed by atoms with Crippen LogP contribution >= 0.6 is 0 Å². The van der Waals surface area contributed by atoms with Crippen LogP contribution in [0.3, 0.4) is 0 Å². The lowest BCUT2D eigenvalue weighted by atomic mass is 9.41. The summed E-state index contributed by atoms with van der Waals surface area (Å²) in [6.07, 6.45) is 10.3. The Morgan fingerprint density at radius 3 is 2.29 bits per heavy atom. The molecule has 0 saturated heterocycles. The van der Waals surface area contributed by atoms with Crippen LogP contribution in [0.1, 0.15) is 78.7 Å². The maximum atomic E-state index is 13.1. The lowest BCUT2D eigenvalue weighted by molar-refractivity contribution is -0.234. The van der Waals surface area contributed by atoms with Gasteiger partial charge in [0.2, 0.25) is 0 Å². The average molecular weight is 483 g/mol. The van der Waals surface area contributed by atoms with Crippen molar-refractivity contribution in [1.29, 1.82) is 0 Å². The van der Waals surface area contributed by atoms with Gasteiger partial charge < -0.3 is 13.9 Å². The third-order valence-corrected chi connectivity index (χ3v) is 10.4. The van der Waals surface area contributed by atoms with Gasteiger partial charge in [0, 0.05) is 31.1 Å². The molecule has 0 aromatic carbocycles. The van der Waals surface area contributed by atoms with E-state index in [0.717, 1.165) is 25.7 Å². The Kier molecular flexibility index (Phi) is 5.61. The minimum absolute atomic E-state index is 0.0249. The van der Waals surface area contributed by atoms with Crippen LogP contribution in [0.5, 0.6) is 0 Å². The molecule has 0 N–H and O–H groups in total. The largest absolute Gasteiger partial charge is 0.472 e. The topological polar surface area (TPSA) is 82.8 Å². The van der Waals surface area contributed by atoms with E-state index >= 15 is 0 Å². The molecule has 3 fully saturated rings. The molecular weight excluding hydrogens is 444 g/mol. The van der Waals surface area contributed by atoms with E-state index in [1.54, 1.807) is 12.3 Å². The fourth-order valence-electron chi connectivity index (χ4n) is 9.10. The van der Waals surface area contributed by atoms with Crippen molar-refractivity contribution in [2.45, 2.75) is 85.4 Å². The third-order valence-electron chi connectivity index (χ3n) is 10.4. The Bertz CT molecular complexity index is 1050. The van der Waals surface area contributed by atoms with E-state index in [1.807, 2.05) is 20.1 Å². The Hall–Kier alpha value is -2.37. The van der Waals surface area contributed by atoms with Gasteiger partial charge >= 0.3 is 11.9 Å². The van der Waals surface area contributed by atoms with Gasteiger partial charge in [0.25, 0.3) is 0 Å². The van der Waals surface area contributed by atoms with E-state index in [-0.39, 0.29) is 40.3 Å². The number of carbonyl (C=O) groups excluding carboxylic acids is 3. The van der Waals surface area contributed by atoms with Crippen LogP contribution in [0.15, 0.2) is 35.2 Å². The predicted octanol–water partition coefficient (Wildman–Crippen LogP) is 5.47. The normalized spacial score (nSPS) is 43.6. The van der Waals surface area contributed by atoms with E-state index in [1.165, 1.54) is 19.4 Å². The van der Waals surface area contributed by atoms with Gasteiger partial charge in [-0.3, -0.25) is 14.4 Å². The van der Waals surface area contributed by atoms with Crippen molar-refractivity contribution in [1.82, 2.24) is 0 Å². The molecule has 9 atom stereocenters. The molecule has 35 heavy (non-hydrogen) atoms. The molecule has 6 heteroatoms. The first-order valence-corrected chi connectivity index (χ1v) is 13.0. The van der Waals surface area contributed by atoms with Gasteiger partial charge in [-0.25, -0.2) is 0 Å². The third kappa shape index (κ3) is 3.46. The van der Waals surface area contributed by atoms with Crippen molar-refractivity contribution < 1.29 is 28.3 Å². The van der Waals surface area contributed by atoms with Gasteiger partial charge in [-0.05, 0) is 72.0 Å². The predicted molar refractivity (Wildman–Crippen MR) is 129 cm³/mol. The molecule has 1 heterocycles. The molecule has 3 saturated carbocycles. The first-order chi connectivity index (χ1) is 16.4. The number of rotatable bonds is 3. The molecule has 0 unspecified atom stereocenters. The standard InChI is InChI=1S/C29H38O6/c1-16(30)34-24-23-20-8-7-19(18-11-14-33-15-18)28(20,5)12-9-21(23)29(6)13-10-22(32)27(3,4)26(29)25(24)35-17(2)31/h10-11,13-15,19-21,23-26H,7-9,12H2,1-6H3/t19-,20+,21+,23+,24+,25+,26+,28-,29-/m1/s1. The summed E-state index contributed by atoms with van der Waals surface area (Å²) in [6, 6.07) is 2.08. The molecule has 4 aliphatic carbocycles. The van der Waals surface area contributed by atoms with Crippen molar-refractivity contribution in [3.05, 3.63) is 36.3 Å². The number of ether oxygens (including phenoxy) is 2. The molecule has 190 valence electrons. The molecule has 6 nitrogen and oxygen atoms in total. The Labute approximate surface area is 207 Å². The summed E-state index contributed by atoms with van der Waals surface area (Å²) < 4.78 is 17.6. The highest BCUT2D eigenvalue weighted by Gasteiger charge is 2.69. The summed E-state index contributed by atoms with van der Waals surface area (Å²) in [5, 5.41) is 0. The van der Waals surface area contributed by atoms with Gasteiger partial charge in [0.15, 0.2) is 5.78 Å². The van der Waals surface area contributed by atoms with Gasteiger partial charge in [-0.1, -0.05) is 33.8 Å². The Balaban J connectivity index is 1.66. The van der Waals surface area contributed by atoms with Crippen molar-refractivity contribution in [3.8, 4) is 0 Å². The first kappa shape index (κ1) is 24.3. The summed E-state index contributed by atoms with van der Waals surface area (Å²) in [5.41, 5.74) is 0.159. The number of carbonyl (C=O) groups is 3. The SMILES string of the molecule is CC(=O)O[C@@H]1[C@H](OC(C)=O)[C@H]2C(C)(C)C(=O)C=C[C@]2(C)[C@H]2CC[C@]3(C)[C@@H](c4ccoc4)CC[C@H]3[C@H]12. The van der Waals surface area contributed by atoms with Gasteiger partial charge in [-0.15, -0.1) is 0 Å². The van der Waals surface area contributed by atoms with E-state index in [9.17, 15) is 14.4 Å². The van der Waals surface area contributed by atoms with Crippen molar-refractivity contribution in [2.24, 2.45) is 39.9 Å². The van der Waals surface area contributed by atoms with Gasteiger partial charge in [0.05, 0.1) is 12.5 Å². The maximum Gasteiger partial charge on any atom is 0.303 e. The maximum absolute atomic E-state index is 13.1. The lowest BCUT2D eigenvalue weighted by Crippen LogP contribution is -2.68. The number of furan rings is 1. The quantitative estimate of drug-likeness (QED) is 0.531. The van der Waals surface area contributed by atoms with E-state index in [0.29, 0.717) is 11.8 Å². The van der Waals surface area contributed by atoms with E-state index in [4.69, 9.17) is 13.9 Å². The van der Waals surface area contributed by atoms with Crippen molar-refractivity contribution >= 4 is 17.7 Å². The summed E-state index contributed by atoms with van der Waals surface area (Å²) in [7, 11) is 0. The number of ketones is 1. The molecular formula is C29H38O6. The molecule has 0 radical (unpaired) electrons. The molecule has 5 rings (SSSR count). The molecule has 0 amide bonds. The molecule has 0 bridgehead atoms. The number of hydrogen-bond acceptors (Lipinski definition) is 6. The lowest BCUT2D eigenvalue weighted by Gasteiger charge is -2.64. The molecule has 4 aliphatic rings. The number of esters is 2. The molecule has 0 spiro atoms. The second-order valence-corrected chi connectivity index (χ2v) is 12.4. The first-order valence-electron chi connectivity index (χ1n) is 13.0. The van der Waals surface area contributed by atoms with Crippen LogP contribution in [-0.2, 0) is 23.9 Å². The fourth-order valence-corrected chi connectivity index (χ4v) is 9.10. The number of allylic oxidation sites excluding steroid dienone is 2. The summed E-state index contributed by atoms with van der Waals surface area (Å²) in [5.74, 6) is -0.106. The van der Waals surface area contributed by atoms with Crippen LogP contribution in [-0.4, -0.2) is 29.9 Å². The molecule has 1 aromatic heterocycles. The van der Waals surface area contributed by atoms with Gasteiger partial charge in [0.1, 0.15) is 12.2 Å². The average Bonchev–Trinajstić information content (AvgIpc) is 3.40. The Morgan fingerprint density at radius 2 is 1.66 bits per heavy atom. The smallest absolute Gasteiger partial charge is 0.303 e. The van der Waals surface area contributed by atoms with E-state index < -0.39 is 23.6 Å². The zero-order chi connectivity index (χ0) is 25.3. The highest BCUT2D eigenvalue weighted by molar-refractivity contribution is 5.96. The number of fused-ring (bicyclic) bond motifs is 5. The summed E-state index contributed by atoms with van der Waals surface area (Å²) in [4.78, 5) is 37.9. The van der Waals surface area contributed by atoms with Crippen LogP contribution in [0.2, 0.25) is 0 Å². The van der Waals surface area contributed by atoms with Crippen LogP contribution in [0.25, 0.3) is 0 Å². The van der Waals surface area contributed by atoms with Crippen LogP contribution < -0.4 is 0 Å². The highest BCUT2D eigenvalue weighted by atomic mass is 16.6. The minimum Gasteiger partial charge on any atom is -0.472 e.